The third-order valence-electron chi connectivity index (χ3n) is 22.1. The Morgan fingerprint density at radius 3 is 1.06 bits per heavy atom. The van der Waals surface area contributed by atoms with Crippen LogP contribution in [0.15, 0.2) is 96.4 Å². The first-order valence-corrected chi connectivity index (χ1v) is 41.4. The van der Waals surface area contributed by atoms with Crippen molar-refractivity contribution in [3.63, 3.8) is 0 Å². The Morgan fingerprint density at radius 2 is 0.718 bits per heavy atom. The maximum Gasteiger partial charge on any atom is 0.419 e. The second kappa shape index (κ2) is 73.7. The average molecular weight is 2010 g/mol. The van der Waals surface area contributed by atoms with Crippen LogP contribution in [0.5, 0.6) is 0 Å². The number of nitrogens with two attached hydrogens (primary N) is 4. The first kappa shape index (κ1) is 121. The molecule has 7 fully saturated rings. The number of para-hydroxylation sites is 3. The molecule has 3 aromatic carbocycles. The van der Waals surface area contributed by atoms with Gasteiger partial charge in [-0.3, -0.25) is 60.2 Å². The molecule has 0 spiro atoms. The number of carboxylic acids is 2. The Kier molecular flexibility index (Phi) is 76.1. The summed E-state index contributed by atoms with van der Waals surface area (Å²) in [6, 6.07) is 20.8. The molecule has 0 aliphatic heterocycles. The summed E-state index contributed by atoms with van der Waals surface area (Å²) < 4.78 is 5.61. The third kappa shape index (κ3) is 47.9. The second-order valence-electron chi connectivity index (χ2n) is 29.6. The number of hydrogen-bond donors (Lipinski definition) is 11. The Balaban J connectivity index is -0.000000623. The fourth-order valence-corrected chi connectivity index (χ4v) is 15.0. The van der Waals surface area contributed by atoms with E-state index in [1.807, 2.05) is 68.0 Å². The van der Waals surface area contributed by atoms with Crippen molar-refractivity contribution >= 4 is 76.8 Å². The third-order valence-corrected chi connectivity index (χ3v) is 22.1. The number of carbonyl (C=O) groups excluding carboxylic acids is 6. The summed E-state index contributed by atoms with van der Waals surface area (Å²) in [7, 11) is 3.93. The zero-order valence-corrected chi connectivity index (χ0v) is 85.3. The molecule has 12 rings (SSSR count). The summed E-state index contributed by atoms with van der Waals surface area (Å²) in [5.74, 6) is 2.65. The van der Waals surface area contributed by atoms with E-state index in [9.17, 15) is 57.5 Å². The Bertz CT molecular complexity index is 3660. The number of nitrogen functional groups attached to an aromatic ring is 1. The molecule has 25 nitrogen and oxygen atoms in total. The summed E-state index contributed by atoms with van der Waals surface area (Å²) in [4.78, 5) is 136. The van der Waals surface area contributed by atoms with Gasteiger partial charge in [0.2, 0.25) is 0 Å². The predicted octanol–water partition coefficient (Wildman–Crippen LogP) is 11.8. The van der Waals surface area contributed by atoms with E-state index >= 15 is 0 Å². The first-order chi connectivity index (χ1) is 54.2. The molecular weight excluding hydrogens is 1870 g/mol. The van der Waals surface area contributed by atoms with Crippen molar-refractivity contribution in [2.24, 2.45) is 100 Å². The molecule has 117 heavy (non-hydrogen) atoms. The van der Waals surface area contributed by atoms with Crippen molar-refractivity contribution < 1.29 is 217 Å². The number of carbonyl (C=O) groups is 3. The van der Waals surface area contributed by atoms with Crippen molar-refractivity contribution in [3.8, 4) is 0 Å². The van der Waals surface area contributed by atoms with Crippen LogP contribution in [0.4, 0.5) is 5.69 Å². The van der Waals surface area contributed by atoms with Crippen LogP contribution in [0, 0.1) is 82.9 Å². The van der Waals surface area contributed by atoms with Crippen LogP contribution in [0.1, 0.15) is 232 Å². The number of amides is 1. The van der Waals surface area contributed by atoms with Crippen LogP contribution in [0.3, 0.4) is 0 Å². The fourth-order valence-electron chi connectivity index (χ4n) is 15.0. The van der Waals surface area contributed by atoms with Crippen LogP contribution < -0.4 is 61.5 Å². The summed E-state index contributed by atoms with van der Waals surface area (Å²) in [6.45, 7) is 17.5. The van der Waals surface area contributed by atoms with E-state index in [-0.39, 0.29) is 228 Å². The summed E-state index contributed by atoms with van der Waals surface area (Å²) in [5, 5.41) is 27.6. The molecule has 0 atom stereocenters. The van der Waals surface area contributed by atoms with Crippen LogP contribution in [0.25, 0.3) is 21.8 Å². The van der Waals surface area contributed by atoms with E-state index < -0.39 is 23.3 Å². The standard InChI is InChI=1S/C16H17N2O3.C15H19N2O2.C9H17NO2.C9H16NO.C8H5NO3.C8H15NO2.2C8H14NO.3C2H6.5Y/c19-10-12-7-5-11(6-8-12)9-18-15(20)13-3-1-2-4-14(13)17-16(18)21;16-14-4-2-1-3-13(14)15(19)17-9-11-5-7-12(10-18)8-6-11;1-10-6-7-2-4-8(5-3-7)9(11)12;1-10-6-8-2-4-9(7-11)5-3-8;10-7-5-3-1-2-4-6(5)9-8(11)12-7;9-5-6-1-3-7(4-2-6)8(10)11;2*9-5-7-1-3-8(6-10)4-2-7;3*1-2;;;;;/h1-4,11-12H,5-9H2,(H,17,21);1-4,11-12H,5-9,16H2,(H,17,19);7-8,10H,2-6H2,1H3,(H,11,12);8-10H,2-6H2,1H3;1-4H,(H,9,11);6-7H,1-5,9H2,(H,10,11);2*7-8H,1-5,9H2;3*1-2H3;;;;;/q2*-1;;-1;;;2*-1;;;;;;;;. The topological polar surface area (TPSA) is 435 Å². The van der Waals surface area contributed by atoms with E-state index in [2.05, 4.69) is 55.5 Å². The van der Waals surface area contributed by atoms with Gasteiger partial charge in [0.05, 0.1) is 39.2 Å². The molecule has 30 heteroatoms. The molecule has 15 N–H and O–H groups in total. The van der Waals surface area contributed by atoms with Gasteiger partial charge in [0.25, 0.3) is 11.5 Å². The van der Waals surface area contributed by atoms with Gasteiger partial charge in [0.1, 0.15) is 0 Å². The number of aromatic nitrogens is 3. The van der Waals surface area contributed by atoms with E-state index in [0.29, 0.717) is 82.3 Å². The molecule has 0 unspecified atom stereocenters. The molecule has 0 saturated heterocycles. The van der Waals surface area contributed by atoms with Gasteiger partial charge in [-0.15, -0.1) is 29.6 Å². The molecule has 2 aromatic heterocycles. The maximum absolute atomic E-state index is 12.4. The minimum atomic E-state index is -0.723. The summed E-state index contributed by atoms with van der Waals surface area (Å²) in [6.07, 6.45) is 37.9. The smallest absolute Gasteiger partial charge is 0.419 e. The number of aliphatic carboxylic acids is 2. The van der Waals surface area contributed by atoms with Gasteiger partial charge in [0, 0.05) is 182 Å². The quantitative estimate of drug-likeness (QED) is 0.0270. The van der Waals surface area contributed by atoms with Gasteiger partial charge in [-0.2, -0.15) is 0 Å². The number of nitrogens with one attached hydrogen (secondary N) is 5. The molecule has 5 aromatic rings. The van der Waals surface area contributed by atoms with Crippen molar-refractivity contribution in [2.75, 3.05) is 59.1 Å². The number of fused-ring (bicyclic) bond motifs is 2. The minimum absolute atomic E-state index is 0. The van der Waals surface area contributed by atoms with Crippen LogP contribution >= 0.6 is 0 Å². The molecule has 0 bridgehead atoms. The predicted molar refractivity (Wildman–Crippen MR) is 446 cm³/mol. The number of benzene rings is 3. The van der Waals surface area contributed by atoms with Gasteiger partial charge in [-0.05, 0) is 176 Å². The Morgan fingerprint density at radius 1 is 0.419 bits per heavy atom. The minimum Gasteiger partial charge on any atom is -0.542 e. The molecule has 7 saturated carbocycles. The van der Waals surface area contributed by atoms with Crippen molar-refractivity contribution in [1.29, 1.82) is 0 Å². The zero-order chi connectivity index (χ0) is 83.2. The van der Waals surface area contributed by atoms with Crippen molar-refractivity contribution in [1.82, 2.24) is 30.5 Å². The SMILES string of the molecule is CC.CC.CC.CNCC1CCC(C(=O)O)CC1.CNCC1CCC([C-]=O)CC1.NCC1CCC(C(=O)O)CC1.NCC1CCC([C-]=O)CC1.NCC1CCC([C-]=O)CC1.Nc1ccccc1C(=O)NCC1CCC([C-]=O)CC1.O=[C-]C1CCC(Cn2c(=O)[nH]c3ccccc3c2=O)CC1.O=c1[nH]c2ccccc2c(=O)o1.[Y].[Y].[Y].[Y].[Y]. The number of rotatable bonds is 19. The van der Waals surface area contributed by atoms with E-state index in [1.165, 1.54) is 17.4 Å². The van der Waals surface area contributed by atoms with Crippen LogP contribution in [0.2, 0.25) is 0 Å². The number of anilines is 1. The Labute approximate surface area is 821 Å². The summed E-state index contributed by atoms with van der Waals surface area (Å²) in [5.41, 5.74) is 23.1. The molecular formula is C87H135N10O15Y5-5. The van der Waals surface area contributed by atoms with Gasteiger partial charge < -0.3 is 82.5 Å². The van der Waals surface area contributed by atoms with Gasteiger partial charge >= 0.3 is 29.0 Å². The number of carboxylic acid groups (broad SMARTS) is 2. The zero-order valence-electron chi connectivity index (χ0n) is 71.1. The number of H-pyrrole nitrogens is 2. The molecule has 643 valence electrons. The van der Waals surface area contributed by atoms with Gasteiger partial charge in [0.15, 0.2) is 0 Å². The summed E-state index contributed by atoms with van der Waals surface area (Å²) >= 11 is 0. The second-order valence-corrected chi connectivity index (χ2v) is 29.6. The monoisotopic (exact) mass is 2000 g/mol. The molecule has 7 aliphatic carbocycles. The molecule has 5 radical (unpaired) electrons. The fraction of sp³-hybridized carbons (Fsp3) is 0.655. The van der Waals surface area contributed by atoms with E-state index in [1.54, 1.807) is 66.7 Å². The first-order valence-electron chi connectivity index (χ1n) is 41.4. The van der Waals surface area contributed by atoms with Crippen molar-refractivity contribution in [3.05, 3.63) is 120 Å². The average Bonchev–Trinajstić information content (AvgIpc) is 0.796. The van der Waals surface area contributed by atoms with Gasteiger partial charge in [-0.25, -0.2) is 14.4 Å². The number of aromatic amines is 2. The van der Waals surface area contributed by atoms with Crippen LogP contribution in [-0.4, -0.2) is 127 Å². The molecule has 1 amide bonds. The molecule has 2 heterocycles. The normalized spacial score (nSPS) is 23.7. The maximum atomic E-state index is 12.4. The van der Waals surface area contributed by atoms with E-state index in [0.717, 1.165) is 199 Å². The Hall–Kier alpha value is -2.58. The largest absolute Gasteiger partial charge is 0.542 e. The van der Waals surface area contributed by atoms with Gasteiger partial charge in [-0.1, -0.05) is 206 Å². The number of nitrogens with zero attached hydrogens (tertiary/aromatic N) is 1. The van der Waals surface area contributed by atoms with E-state index in [4.69, 9.17) is 33.1 Å². The number of hydrogen-bond acceptors (Lipinski definition) is 19. The van der Waals surface area contributed by atoms with Crippen LogP contribution in [-0.2, 0) is 204 Å². The van der Waals surface area contributed by atoms with Crippen molar-refractivity contribution in [2.45, 2.75) is 228 Å². The molecule has 7 aliphatic rings.